The van der Waals surface area contributed by atoms with Gasteiger partial charge in [0.1, 0.15) is 5.82 Å². The molecule has 0 saturated carbocycles. The van der Waals surface area contributed by atoms with Crippen molar-refractivity contribution >= 4 is 11.8 Å². The van der Waals surface area contributed by atoms with Crippen LogP contribution in [0.5, 0.6) is 0 Å². The van der Waals surface area contributed by atoms with Gasteiger partial charge in [0.25, 0.3) is 0 Å². The van der Waals surface area contributed by atoms with Gasteiger partial charge in [0.05, 0.1) is 5.69 Å². The second-order valence-corrected chi connectivity index (χ2v) is 4.71. The zero-order valence-corrected chi connectivity index (χ0v) is 11.0. The van der Waals surface area contributed by atoms with Crippen molar-refractivity contribution in [3.05, 3.63) is 23.4 Å². The highest BCUT2D eigenvalue weighted by Gasteiger charge is 2.08. The number of aromatic nitrogens is 2. The number of hydrogen-bond donors (Lipinski definition) is 2. The molecule has 1 aliphatic rings. The maximum absolute atomic E-state index is 11.7. The van der Waals surface area contributed by atoms with Crippen molar-refractivity contribution < 1.29 is 4.79 Å². The van der Waals surface area contributed by atoms with Gasteiger partial charge in [-0.25, -0.2) is 4.79 Å². The number of rotatable bonds is 3. The van der Waals surface area contributed by atoms with E-state index in [9.17, 15) is 4.79 Å². The van der Waals surface area contributed by atoms with Crippen molar-refractivity contribution in [2.75, 3.05) is 11.9 Å². The van der Waals surface area contributed by atoms with Gasteiger partial charge in [-0.1, -0.05) is 11.6 Å². The van der Waals surface area contributed by atoms with E-state index < -0.39 is 0 Å². The maximum Gasteiger partial charge on any atom is 0.320 e. The lowest BCUT2D eigenvalue weighted by atomic mass is 10.00. The molecule has 2 rings (SSSR count). The van der Waals surface area contributed by atoms with E-state index in [1.807, 2.05) is 20.0 Å². The molecule has 5 nitrogen and oxygen atoms in total. The summed E-state index contributed by atoms with van der Waals surface area (Å²) in [5.74, 6) is 0.711. The van der Waals surface area contributed by atoms with Gasteiger partial charge in [0.15, 0.2) is 0 Å². The molecule has 5 heteroatoms. The number of hydrogen-bond acceptors (Lipinski definition) is 2. The van der Waals surface area contributed by atoms with E-state index in [2.05, 4.69) is 21.8 Å². The lowest BCUT2D eigenvalue weighted by molar-refractivity contribution is 0.252. The molecule has 1 heterocycles. The minimum atomic E-state index is -0.176. The summed E-state index contributed by atoms with van der Waals surface area (Å²) in [4.78, 5) is 11.7. The first-order valence-electron chi connectivity index (χ1n) is 6.38. The lowest BCUT2D eigenvalue weighted by Crippen LogP contribution is -2.31. The van der Waals surface area contributed by atoms with Gasteiger partial charge in [0, 0.05) is 19.7 Å². The van der Waals surface area contributed by atoms with Gasteiger partial charge in [-0.15, -0.1) is 0 Å². The summed E-state index contributed by atoms with van der Waals surface area (Å²) in [6.45, 7) is 2.54. The third-order valence-corrected chi connectivity index (χ3v) is 3.10. The van der Waals surface area contributed by atoms with E-state index in [4.69, 9.17) is 0 Å². The Morgan fingerprint density at radius 1 is 1.50 bits per heavy atom. The molecule has 0 atom stereocenters. The highest BCUT2D eigenvalue weighted by molar-refractivity contribution is 5.88. The number of carbonyl (C=O) groups is 1. The minimum Gasteiger partial charge on any atom is -0.334 e. The number of anilines is 1. The van der Waals surface area contributed by atoms with Crippen molar-refractivity contribution in [3.8, 4) is 0 Å². The molecule has 2 amide bonds. The number of allylic oxidation sites excluding steroid dienone is 1. The fourth-order valence-corrected chi connectivity index (χ4v) is 2.15. The van der Waals surface area contributed by atoms with Crippen LogP contribution in [-0.2, 0) is 7.05 Å². The van der Waals surface area contributed by atoms with E-state index in [1.54, 1.807) is 4.68 Å². The van der Waals surface area contributed by atoms with Crippen LogP contribution in [0.25, 0.3) is 0 Å². The smallest absolute Gasteiger partial charge is 0.320 e. The van der Waals surface area contributed by atoms with Crippen molar-refractivity contribution in [1.29, 1.82) is 0 Å². The summed E-state index contributed by atoms with van der Waals surface area (Å²) in [7, 11) is 1.81. The first-order chi connectivity index (χ1) is 8.65. The molecule has 0 unspecified atom stereocenters. The van der Waals surface area contributed by atoms with Crippen LogP contribution in [0.2, 0.25) is 0 Å². The fraction of sp³-hybridized carbons (Fsp3) is 0.538. The SMILES string of the molecule is Cc1cc(NC(=O)NCC2=CCCCC2)n(C)n1. The Morgan fingerprint density at radius 3 is 2.94 bits per heavy atom. The predicted octanol–water partition coefficient (Wildman–Crippen LogP) is 2.35. The summed E-state index contributed by atoms with van der Waals surface area (Å²) < 4.78 is 1.66. The molecule has 0 radical (unpaired) electrons. The number of carbonyl (C=O) groups excluding carboxylic acids is 1. The Morgan fingerprint density at radius 2 is 2.33 bits per heavy atom. The number of aryl methyl sites for hydroxylation is 2. The number of urea groups is 1. The molecule has 0 aromatic carbocycles. The van der Waals surface area contributed by atoms with Crippen LogP contribution in [0.15, 0.2) is 17.7 Å². The summed E-state index contributed by atoms with van der Waals surface area (Å²) in [5.41, 5.74) is 2.22. The fourth-order valence-electron chi connectivity index (χ4n) is 2.15. The van der Waals surface area contributed by atoms with Crippen LogP contribution in [0, 0.1) is 6.92 Å². The van der Waals surface area contributed by atoms with Crippen molar-refractivity contribution in [2.24, 2.45) is 7.05 Å². The number of nitrogens with one attached hydrogen (secondary N) is 2. The largest absolute Gasteiger partial charge is 0.334 e. The molecule has 1 aliphatic carbocycles. The van der Waals surface area contributed by atoms with Crippen LogP contribution >= 0.6 is 0 Å². The summed E-state index contributed by atoms with van der Waals surface area (Å²) >= 11 is 0. The van der Waals surface area contributed by atoms with Gasteiger partial charge in [-0.3, -0.25) is 10.00 Å². The second-order valence-electron chi connectivity index (χ2n) is 4.71. The maximum atomic E-state index is 11.7. The molecule has 1 aromatic rings. The molecule has 2 N–H and O–H groups in total. The summed E-state index contributed by atoms with van der Waals surface area (Å²) in [6, 6.07) is 1.67. The van der Waals surface area contributed by atoms with E-state index in [1.165, 1.54) is 18.4 Å². The van der Waals surface area contributed by atoms with E-state index >= 15 is 0 Å². The van der Waals surface area contributed by atoms with Gasteiger partial charge in [-0.05, 0) is 32.6 Å². The van der Waals surface area contributed by atoms with Crippen LogP contribution in [0.4, 0.5) is 10.6 Å². The molecule has 1 aromatic heterocycles. The average molecular weight is 248 g/mol. The quantitative estimate of drug-likeness (QED) is 0.807. The van der Waals surface area contributed by atoms with Crippen LogP contribution < -0.4 is 10.6 Å². The highest BCUT2D eigenvalue weighted by Crippen LogP contribution is 2.16. The molecular formula is C13H20N4O. The Kier molecular flexibility index (Phi) is 4.02. The molecule has 0 spiro atoms. The topological polar surface area (TPSA) is 59.0 Å². The zero-order valence-electron chi connectivity index (χ0n) is 11.0. The molecule has 0 fully saturated rings. The van der Waals surface area contributed by atoms with Crippen molar-refractivity contribution in [2.45, 2.75) is 32.6 Å². The highest BCUT2D eigenvalue weighted by atomic mass is 16.2. The Balaban J connectivity index is 1.82. The lowest BCUT2D eigenvalue weighted by Gasteiger charge is -2.13. The van der Waals surface area contributed by atoms with Crippen molar-refractivity contribution in [3.63, 3.8) is 0 Å². The molecule has 0 bridgehead atoms. The minimum absolute atomic E-state index is 0.176. The Labute approximate surface area is 107 Å². The van der Waals surface area contributed by atoms with E-state index in [-0.39, 0.29) is 6.03 Å². The third kappa shape index (κ3) is 3.35. The molecule has 0 saturated heterocycles. The van der Waals surface area contributed by atoms with Crippen LogP contribution in [0.3, 0.4) is 0 Å². The van der Waals surface area contributed by atoms with Gasteiger partial charge in [0.2, 0.25) is 0 Å². The standard InChI is InChI=1S/C13H20N4O/c1-10-8-12(17(2)16-10)15-13(18)14-9-11-6-4-3-5-7-11/h6,8H,3-5,7,9H2,1-2H3,(H2,14,15,18). The van der Waals surface area contributed by atoms with E-state index in [0.717, 1.165) is 18.5 Å². The van der Waals surface area contributed by atoms with Gasteiger partial charge < -0.3 is 5.32 Å². The summed E-state index contributed by atoms with van der Waals surface area (Å²) in [6.07, 6.45) is 6.97. The predicted molar refractivity (Wildman–Crippen MR) is 71.5 cm³/mol. The van der Waals surface area contributed by atoms with Crippen molar-refractivity contribution in [1.82, 2.24) is 15.1 Å². The summed E-state index contributed by atoms with van der Waals surface area (Å²) in [5, 5.41) is 9.85. The van der Waals surface area contributed by atoms with Gasteiger partial charge >= 0.3 is 6.03 Å². The molecule has 18 heavy (non-hydrogen) atoms. The number of amides is 2. The zero-order chi connectivity index (χ0) is 13.0. The average Bonchev–Trinajstić information content (AvgIpc) is 2.67. The Hall–Kier alpha value is -1.78. The monoisotopic (exact) mass is 248 g/mol. The van der Waals surface area contributed by atoms with Gasteiger partial charge in [-0.2, -0.15) is 5.10 Å². The molecular weight excluding hydrogens is 228 g/mol. The number of nitrogens with zero attached hydrogens (tertiary/aromatic N) is 2. The first-order valence-corrected chi connectivity index (χ1v) is 6.38. The van der Waals surface area contributed by atoms with Crippen LogP contribution in [-0.4, -0.2) is 22.4 Å². The second kappa shape index (κ2) is 5.71. The third-order valence-electron chi connectivity index (χ3n) is 3.10. The normalized spacial score (nSPS) is 15.1. The van der Waals surface area contributed by atoms with E-state index in [0.29, 0.717) is 12.4 Å². The molecule has 98 valence electrons. The first kappa shape index (κ1) is 12.7. The Bertz CT molecular complexity index is 462. The van der Waals surface area contributed by atoms with Crippen LogP contribution in [0.1, 0.15) is 31.4 Å². The molecule has 0 aliphatic heterocycles.